The zero-order chi connectivity index (χ0) is 17.9. The highest BCUT2D eigenvalue weighted by Crippen LogP contribution is 2.36. The average Bonchev–Trinajstić information content (AvgIpc) is 3.40. The van der Waals surface area contributed by atoms with E-state index in [-0.39, 0.29) is 6.03 Å². The summed E-state index contributed by atoms with van der Waals surface area (Å²) in [4.78, 5) is 18.2. The molecule has 0 bridgehead atoms. The number of hydrogen-bond acceptors (Lipinski definition) is 5. The summed E-state index contributed by atoms with van der Waals surface area (Å²) < 4.78 is 1.87. The normalized spacial score (nSPS) is 13.4. The van der Waals surface area contributed by atoms with Gasteiger partial charge in [-0.1, -0.05) is 6.07 Å². The zero-order valence-electron chi connectivity index (χ0n) is 14.4. The lowest BCUT2D eigenvalue weighted by Crippen LogP contribution is -2.31. The Hall–Kier alpha value is -3.29. The second kappa shape index (κ2) is 6.91. The van der Waals surface area contributed by atoms with Crippen LogP contribution in [0.4, 0.5) is 10.5 Å². The minimum atomic E-state index is -0.189. The minimum absolute atomic E-state index is 0.189. The van der Waals surface area contributed by atoms with Gasteiger partial charge in [-0.3, -0.25) is 4.98 Å². The molecule has 2 heterocycles. The topological polar surface area (TPSA) is 88.8 Å². The van der Waals surface area contributed by atoms with Gasteiger partial charge in [-0.25, -0.2) is 9.48 Å². The first-order valence-corrected chi connectivity index (χ1v) is 8.51. The predicted molar refractivity (Wildman–Crippen MR) is 96.2 cm³/mol. The van der Waals surface area contributed by atoms with Crippen molar-refractivity contribution in [3.8, 4) is 11.4 Å². The van der Waals surface area contributed by atoms with Crippen molar-refractivity contribution in [3.05, 3.63) is 54.4 Å². The maximum absolute atomic E-state index is 12.3. The number of nitrogens with one attached hydrogen (secondary N) is 1. The van der Waals surface area contributed by atoms with E-state index in [1.54, 1.807) is 18.1 Å². The van der Waals surface area contributed by atoms with Crippen LogP contribution in [0.3, 0.4) is 0 Å². The summed E-state index contributed by atoms with van der Waals surface area (Å²) in [5.74, 6) is 0.762. The number of anilines is 1. The summed E-state index contributed by atoms with van der Waals surface area (Å²) in [7, 11) is 1.74. The van der Waals surface area contributed by atoms with Crippen LogP contribution in [-0.4, -0.2) is 43.2 Å². The van der Waals surface area contributed by atoms with E-state index < -0.39 is 0 Å². The number of tetrazole rings is 1. The summed E-state index contributed by atoms with van der Waals surface area (Å²) in [5, 5.41) is 14.8. The Bertz CT molecular complexity index is 887. The lowest BCUT2D eigenvalue weighted by Gasteiger charge is -2.17. The second-order valence-electron chi connectivity index (χ2n) is 6.36. The molecule has 2 amide bonds. The molecule has 0 radical (unpaired) electrons. The first kappa shape index (κ1) is 16.2. The fourth-order valence-electron chi connectivity index (χ4n) is 2.68. The Morgan fingerprint density at radius 3 is 2.73 bits per heavy atom. The molecular formula is C18H19N7O. The fourth-order valence-corrected chi connectivity index (χ4v) is 2.68. The molecule has 0 spiro atoms. The first-order valence-electron chi connectivity index (χ1n) is 8.51. The number of carbonyl (C=O) groups is 1. The van der Waals surface area contributed by atoms with E-state index in [0.717, 1.165) is 35.6 Å². The molecule has 132 valence electrons. The quantitative estimate of drug-likeness (QED) is 0.765. The van der Waals surface area contributed by atoms with E-state index in [1.165, 1.54) is 0 Å². The number of hydrogen-bond donors (Lipinski definition) is 1. The maximum Gasteiger partial charge on any atom is 0.321 e. The molecule has 1 N–H and O–H groups in total. The Balaban J connectivity index is 1.40. The molecule has 4 rings (SSSR count). The average molecular weight is 349 g/mol. The molecular weight excluding hydrogens is 330 g/mol. The van der Waals surface area contributed by atoms with Gasteiger partial charge in [0.1, 0.15) is 0 Å². The number of aromatic nitrogens is 5. The van der Waals surface area contributed by atoms with Gasteiger partial charge in [-0.05, 0) is 59.7 Å². The summed E-state index contributed by atoms with van der Waals surface area (Å²) in [6, 6.07) is 13.4. The minimum Gasteiger partial charge on any atom is -0.322 e. The standard InChI is InChI=1S/C18H19N7O/c1-24(12-15-4-2-3-11-19-15)18(26)20-14-7-5-13(6-8-14)17-21-22-23-25(17)16-9-10-16/h2-8,11,16H,9-10,12H2,1H3,(H,20,26). The Morgan fingerprint density at radius 2 is 2.04 bits per heavy atom. The van der Waals surface area contributed by atoms with E-state index in [4.69, 9.17) is 0 Å². The lowest BCUT2D eigenvalue weighted by molar-refractivity contribution is 0.220. The largest absolute Gasteiger partial charge is 0.322 e. The lowest BCUT2D eigenvalue weighted by atomic mass is 10.2. The van der Waals surface area contributed by atoms with Crippen LogP contribution in [0.5, 0.6) is 0 Å². The Kier molecular flexibility index (Phi) is 4.30. The van der Waals surface area contributed by atoms with Crippen molar-refractivity contribution in [1.29, 1.82) is 0 Å². The van der Waals surface area contributed by atoms with E-state index in [2.05, 4.69) is 25.8 Å². The van der Waals surface area contributed by atoms with Crippen LogP contribution >= 0.6 is 0 Å². The Labute approximate surface area is 150 Å². The van der Waals surface area contributed by atoms with Crippen LogP contribution < -0.4 is 5.32 Å². The van der Waals surface area contributed by atoms with Crippen LogP contribution in [-0.2, 0) is 6.54 Å². The summed E-state index contributed by atoms with van der Waals surface area (Å²) in [5.41, 5.74) is 2.49. The molecule has 0 saturated heterocycles. The molecule has 0 unspecified atom stereocenters. The van der Waals surface area contributed by atoms with E-state index >= 15 is 0 Å². The van der Waals surface area contributed by atoms with Crippen molar-refractivity contribution >= 4 is 11.7 Å². The third kappa shape index (κ3) is 3.53. The molecule has 1 aromatic carbocycles. The molecule has 1 fully saturated rings. The van der Waals surface area contributed by atoms with Crippen LogP contribution in [0.1, 0.15) is 24.6 Å². The number of pyridine rings is 1. The van der Waals surface area contributed by atoms with Gasteiger partial charge in [-0.2, -0.15) is 0 Å². The summed E-state index contributed by atoms with van der Waals surface area (Å²) >= 11 is 0. The molecule has 0 aliphatic heterocycles. The van der Waals surface area contributed by atoms with Crippen LogP contribution in [0.25, 0.3) is 11.4 Å². The molecule has 3 aromatic rings. The Morgan fingerprint density at radius 1 is 1.23 bits per heavy atom. The fraction of sp³-hybridized carbons (Fsp3) is 0.278. The van der Waals surface area contributed by atoms with Gasteiger partial charge < -0.3 is 10.2 Å². The van der Waals surface area contributed by atoms with Gasteiger partial charge in [0.15, 0.2) is 5.82 Å². The van der Waals surface area contributed by atoms with Crippen LogP contribution in [0.15, 0.2) is 48.7 Å². The summed E-state index contributed by atoms with van der Waals surface area (Å²) in [6.45, 7) is 0.445. The monoisotopic (exact) mass is 349 g/mol. The van der Waals surface area contributed by atoms with Crippen LogP contribution in [0, 0.1) is 0 Å². The molecule has 26 heavy (non-hydrogen) atoms. The first-order chi connectivity index (χ1) is 12.7. The molecule has 1 aliphatic carbocycles. The number of amides is 2. The molecule has 8 heteroatoms. The molecule has 1 saturated carbocycles. The molecule has 8 nitrogen and oxygen atoms in total. The smallest absolute Gasteiger partial charge is 0.321 e. The van der Waals surface area contributed by atoms with Crippen LogP contribution in [0.2, 0.25) is 0 Å². The SMILES string of the molecule is CN(Cc1ccccn1)C(=O)Nc1ccc(-c2nnnn2C2CC2)cc1. The van der Waals surface area contributed by atoms with Gasteiger partial charge in [0.05, 0.1) is 18.3 Å². The highest BCUT2D eigenvalue weighted by Gasteiger charge is 2.28. The van der Waals surface area contributed by atoms with E-state index in [9.17, 15) is 4.79 Å². The van der Waals surface area contributed by atoms with E-state index in [1.807, 2.05) is 47.1 Å². The van der Waals surface area contributed by atoms with Crippen molar-refractivity contribution in [2.24, 2.45) is 0 Å². The highest BCUT2D eigenvalue weighted by molar-refractivity contribution is 5.89. The van der Waals surface area contributed by atoms with Gasteiger partial charge in [-0.15, -0.1) is 5.10 Å². The number of nitrogens with zero attached hydrogens (tertiary/aromatic N) is 6. The van der Waals surface area contributed by atoms with Gasteiger partial charge in [0, 0.05) is 24.5 Å². The number of benzene rings is 1. The third-order valence-electron chi connectivity index (χ3n) is 4.25. The molecule has 2 aromatic heterocycles. The second-order valence-corrected chi connectivity index (χ2v) is 6.36. The van der Waals surface area contributed by atoms with Gasteiger partial charge in [0.25, 0.3) is 0 Å². The van der Waals surface area contributed by atoms with Gasteiger partial charge >= 0.3 is 6.03 Å². The van der Waals surface area contributed by atoms with Crippen molar-refractivity contribution in [2.45, 2.75) is 25.4 Å². The van der Waals surface area contributed by atoms with Crippen molar-refractivity contribution in [3.63, 3.8) is 0 Å². The third-order valence-corrected chi connectivity index (χ3v) is 4.25. The zero-order valence-corrected chi connectivity index (χ0v) is 14.4. The van der Waals surface area contributed by atoms with Gasteiger partial charge in [0.2, 0.25) is 0 Å². The van der Waals surface area contributed by atoms with Crippen molar-refractivity contribution < 1.29 is 4.79 Å². The maximum atomic E-state index is 12.3. The van der Waals surface area contributed by atoms with E-state index in [0.29, 0.717) is 12.6 Å². The predicted octanol–water partition coefficient (Wildman–Crippen LogP) is 2.73. The number of carbonyl (C=O) groups excluding carboxylic acids is 1. The number of rotatable bonds is 5. The molecule has 0 atom stereocenters. The highest BCUT2D eigenvalue weighted by atomic mass is 16.2. The van der Waals surface area contributed by atoms with Crippen molar-refractivity contribution in [1.82, 2.24) is 30.1 Å². The van der Waals surface area contributed by atoms with Crippen molar-refractivity contribution in [2.75, 3.05) is 12.4 Å². The number of urea groups is 1. The summed E-state index contributed by atoms with van der Waals surface area (Å²) in [6.07, 6.45) is 3.96. The molecule has 1 aliphatic rings.